The average Bonchev–Trinajstić information content (AvgIpc) is 1.90. The van der Waals surface area contributed by atoms with E-state index in [9.17, 15) is 0 Å². The number of likely N-dealkylation sites (tertiary alicyclic amines) is 2. The monoisotopic (exact) mass is 154 g/mol. The van der Waals surface area contributed by atoms with E-state index < -0.39 is 0 Å². The normalized spacial score (nSPS) is 30.3. The van der Waals surface area contributed by atoms with Crippen molar-refractivity contribution in [2.75, 3.05) is 33.2 Å². The Morgan fingerprint density at radius 3 is 2.09 bits per heavy atom. The van der Waals surface area contributed by atoms with Crippen LogP contribution in [0.1, 0.15) is 19.3 Å². The van der Waals surface area contributed by atoms with Crippen LogP contribution in [0, 0.1) is 0 Å². The molecule has 2 fully saturated rings. The summed E-state index contributed by atoms with van der Waals surface area (Å²) in [6.45, 7) is 5.35. The van der Waals surface area contributed by atoms with Crippen molar-refractivity contribution < 1.29 is 0 Å². The van der Waals surface area contributed by atoms with Crippen LogP contribution in [-0.4, -0.2) is 49.1 Å². The van der Waals surface area contributed by atoms with Crippen LogP contribution < -0.4 is 0 Å². The number of nitrogens with zero attached hydrogens (tertiary/aromatic N) is 2. The van der Waals surface area contributed by atoms with Crippen molar-refractivity contribution in [1.29, 1.82) is 0 Å². The first-order valence-electron chi connectivity index (χ1n) is 4.79. The number of rotatable bonds is 1. The predicted molar refractivity (Wildman–Crippen MR) is 46.7 cm³/mol. The van der Waals surface area contributed by atoms with Crippen LogP contribution in [0.3, 0.4) is 0 Å². The Kier molecular flexibility index (Phi) is 2.14. The van der Waals surface area contributed by atoms with Gasteiger partial charge >= 0.3 is 0 Å². The zero-order chi connectivity index (χ0) is 7.68. The van der Waals surface area contributed by atoms with Gasteiger partial charge in [0.25, 0.3) is 0 Å². The van der Waals surface area contributed by atoms with Gasteiger partial charge in [0.1, 0.15) is 0 Å². The molecule has 0 atom stereocenters. The third-order valence-electron chi connectivity index (χ3n) is 3.10. The Labute approximate surface area is 69.2 Å². The number of hydrogen-bond acceptors (Lipinski definition) is 2. The lowest BCUT2D eigenvalue weighted by Crippen LogP contribution is -2.49. The molecule has 0 aromatic carbocycles. The molecule has 0 spiro atoms. The van der Waals surface area contributed by atoms with Gasteiger partial charge in [-0.2, -0.15) is 0 Å². The topological polar surface area (TPSA) is 6.48 Å². The highest BCUT2D eigenvalue weighted by Gasteiger charge is 2.26. The van der Waals surface area contributed by atoms with Gasteiger partial charge in [0.2, 0.25) is 0 Å². The van der Waals surface area contributed by atoms with Crippen LogP contribution in [-0.2, 0) is 0 Å². The molecule has 0 saturated carbocycles. The van der Waals surface area contributed by atoms with Gasteiger partial charge in [-0.3, -0.25) is 0 Å². The molecule has 0 unspecified atom stereocenters. The molecule has 11 heavy (non-hydrogen) atoms. The lowest BCUT2D eigenvalue weighted by atomic mass is 10.0. The molecular formula is C9H18N2. The van der Waals surface area contributed by atoms with Gasteiger partial charge in [-0.15, -0.1) is 0 Å². The van der Waals surface area contributed by atoms with E-state index in [0.717, 1.165) is 6.04 Å². The minimum absolute atomic E-state index is 0.931. The Morgan fingerprint density at radius 2 is 1.64 bits per heavy atom. The fourth-order valence-electron chi connectivity index (χ4n) is 2.07. The first-order valence-corrected chi connectivity index (χ1v) is 4.79. The molecule has 2 aliphatic heterocycles. The summed E-state index contributed by atoms with van der Waals surface area (Å²) >= 11 is 0. The summed E-state index contributed by atoms with van der Waals surface area (Å²) < 4.78 is 0. The van der Waals surface area contributed by atoms with Gasteiger partial charge in [-0.05, 0) is 52.5 Å². The third-order valence-corrected chi connectivity index (χ3v) is 3.10. The minimum atomic E-state index is 0.931. The summed E-state index contributed by atoms with van der Waals surface area (Å²) in [7, 11) is 2.23. The van der Waals surface area contributed by atoms with E-state index in [4.69, 9.17) is 0 Å². The molecule has 0 N–H and O–H groups in total. The molecule has 64 valence electrons. The van der Waals surface area contributed by atoms with Crippen molar-refractivity contribution in [1.82, 2.24) is 9.80 Å². The summed E-state index contributed by atoms with van der Waals surface area (Å²) in [6.07, 6.45) is 4.24. The standard InChI is InChI=1S/C9H18N2/c1-10-7-3-9(4-8-10)11-5-2-6-11/h9H,2-8H2,1H3. The van der Waals surface area contributed by atoms with Crippen LogP contribution in [0.2, 0.25) is 0 Å². The summed E-state index contributed by atoms with van der Waals surface area (Å²) in [4.78, 5) is 5.09. The SMILES string of the molecule is CN1CCC(N2CCC2)CC1. The molecule has 2 heteroatoms. The van der Waals surface area contributed by atoms with Gasteiger partial charge < -0.3 is 9.80 Å². The number of piperidine rings is 1. The van der Waals surface area contributed by atoms with E-state index >= 15 is 0 Å². The first-order chi connectivity index (χ1) is 5.36. The van der Waals surface area contributed by atoms with Crippen LogP contribution in [0.15, 0.2) is 0 Å². The van der Waals surface area contributed by atoms with E-state index in [0.29, 0.717) is 0 Å². The Morgan fingerprint density at radius 1 is 1.00 bits per heavy atom. The molecular weight excluding hydrogens is 136 g/mol. The highest BCUT2D eigenvalue weighted by molar-refractivity contribution is 4.82. The van der Waals surface area contributed by atoms with E-state index in [1.165, 1.54) is 45.4 Å². The Balaban J connectivity index is 1.77. The predicted octanol–water partition coefficient (Wildman–Crippen LogP) is 0.786. The molecule has 2 aliphatic rings. The van der Waals surface area contributed by atoms with Crippen molar-refractivity contribution in [3.63, 3.8) is 0 Å². The van der Waals surface area contributed by atoms with E-state index in [1.807, 2.05) is 0 Å². The second kappa shape index (κ2) is 3.11. The van der Waals surface area contributed by atoms with Crippen LogP contribution >= 0.6 is 0 Å². The van der Waals surface area contributed by atoms with Gasteiger partial charge in [-0.25, -0.2) is 0 Å². The quantitative estimate of drug-likeness (QED) is 0.551. The summed E-state index contributed by atoms with van der Waals surface area (Å²) in [5.74, 6) is 0. The fourth-order valence-corrected chi connectivity index (χ4v) is 2.07. The average molecular weight is 154 g/mol. The zero-order valence-corrected chi connectivity index (χ0v) is 7.42. The van der Waals surface area contributed by atoms with Gasteiger partial charge in [-0.1, -0.05) is 0 Å². The highest BCUT2D eigenvalue weighted by Crippen LogP contribution is 2.20. The summed E-state index contributed by atoms with van der Waals surface area (Å²) in [5.41, 5.74) is 0. The van der Waals surface area contributed by atoms with Gasteiger partial charge in [0.15, 0.2) is 0 Å². The Hall–Kier alpha value is -0.0800. The van der Waals surface area contributed by atoms with Crippen molar-refractivity contribution in [2.45, 2.75) is 25.3 Å². The molecule has 0 aromatic heterocycles. The van der Waals surface area contributed by atoms with Crippen molar-refractivity contribution in [3.05, 3.63) is 0 Å². The maximum absolute atomic E-state index is 2.65. The maximum Gasteiger partial charge on any atom is 0.0120 e. The molecule has 2 heterocycles. The van der Waals surface area contributed by atoms with Crippen LogP contribution in [0.5, 0.6) is 0 Å². The second-order valence-corrected chi connectivity index (χ2v) is 3.92. The lowest BCUT2D eigenvalue weighted by molar-refractivity contribution is 0.0707. The largest absolute Gasteiger partial charge is 0.306 e. The molecule has 2 rings (SSSR count). The maximum atomic E-state index is 2.65. The van der Waals surface area contributed by atoms with Gasteiger partial charge in [0.05, 0.1) is 0 Å². The smallest absolute Gasteiger partial charge is 0.0120 e. The number of hydrogen-bond donors (Lipinski definition) is 0. The van der Waals surface area contributed by atoms with Gasteiger partial charge in [0, 0.05) is 6.04 Å². The van der Waals surface area contributed by atoms with Crippen molar-refractivity contribution in [2.24, 2.45) is 0 Å². The van der Waals surface area contributed by atoms with Crippen molar-refractivity contribution in [3.8, 4) is 0 Å². The second-order valence-electron chi connectivity index (χ2n) is 3.92. The first kappa shape index (κ1) is 7.56. The van der Waals surface area contributed by atoms with E-state index in [-0.39, 0.29) is 0 Å². The molecule has 0 radical (unpaired) electrons. The zero-order valence-electron chi connectivity index (χ0n) is 7.42. The fraction of sp³-hybridized carbons (Fsp3) is 1.00. The molecule has 0 amide bonds. The summed E-state index contributed by atoms with van der Waals surface area (Å²) in [5, 5.41) is 0. The molecule has 0 aromatic rings. The van der Waals surface area contributed by atoms with Crippen molar-refractivity contribution >= 4 is 0 Å². The van der Waals surface area contributed by atoms with Crippen LogP contribution in [0.4, 0.5) is 0 Å². The van der Waals surface area contributed by atoms with E-state index in [1.54, 1.807) is 0 Å². The summed E-state index contributed by atoms with van der Waals surface area (Å²) in [6, 6.07) is 0.931. The molecule has 2 saturated heterocycles. The molecule has 2 nitrogen and oxygen atoms in total. The Bertz CT molecular complexity index is 124. The van der Waals surface area contributed by atoms with E-state index in [2.05, 4.69) is 16.8 Å². The lowest BCUT2D eigenvalue weighted by Gasteiger charge is -2.42. The minimum Gasteiger partial charge on any atom is -0.306 e. The highest BCUT2D eigenvalue weighted by atomic mass is 15.2. The molecule has 0 aliphatic carbocycles. The third kappa shape index (κ3) is 1.57. The molecule has 0 bridgehead atoms. The van der Waals surface area contributed by atoms with Crippen LogP contribution in [0.25, 0.3) is 0 Å².